The van der Waals surface area contributed by atoms with Crippen molar-refractivity contribution in [3.63, 3.8) is 0 Å². The van der Waals surface area contributed by atoms with Crippen LogP contribution in [0, 0.1) is 5.92 Å². The highest BCUT2D eigenvalue weighted by Crippen LogP contribution is 2.16. The Bertz CT molecular complexity index is 337. The van der Waals surface area contributed by atoms with E-state index in [2.05, 4.69) is 5.32 Å². The highest BCUT2D eigenvalue weighted by atomic mass is 16.6. The summed E-state index contributed by atoms with van der Waals surface area (Å²) in [4.78, 5) is 22.7. The number of esters is 1. The van der Waals surface area contributed by atoms with Gasteiger partial charge in [0.2, 0.25) is 0 Å². The predicted molar refractivity (Wildman–Crippen MR) is 80.1 cm³/mol. The summed E-state index contributed by atoms with van der Waals surface area (Å²) in [5, 5.41) is 12.0. The van der Waals surface area contributed by atoms with E-state index in [0.29, 0.717) is 0 Å². The zero-order valence-electron chi connectivity index (χ0n) is 13.9. The fourth-order valence-corrected chi connectivity index (χ4v) is 2.06. The summed E-state index contributed by atoms with van der Waals surface area (Å²) in [6.45, 7) is 9.46. The van der Waals surface area contributed by atoms with E-state index in [9.17, 15) is 9.59 Å². The molecule has 2 N–H and O–H groups in total. The number of carbonyl (C=O) groups excluding carboxylic acids is 1. The van der Waals surface area contributed by atoms with Crippen LogP contribution in [0.1, 0.15) is 47.5 Å². The molecule has 6 nitrogen and oxygen atoms in total. The molecule has 3 atom stereocenters. The van der Waals surface area contributed by atoms with Crippen LogP contribution in [-0.4, -0.2) is 48.4 Å². The number of rotatable bonds is 9. The maximum Gasteiger partial charge on any atom is 0.320 e. The second-order valence-corrected chi connectivity index (χ2v) is 6.25. The Morgan fingerprint density at radius 2 is 1.86 bits per heavy atom. The van der Waals surface area contributed by atoms with Crippen LogP contribution in [0.25, 0.3) is 0 Å². The Balaban J connectivity index is 4.69. The number of carbonyl (C=O) groups is 2. The summed E-state index contributed by atoms with van der Waals surface area (Å²) in [6, 6.07) is -0.219. The normalized spacial score (nSPS) is 16.1. The molecule has 0 rings (SSSR count). The molecule has 0 aromatic heterocycles. The van der Waals surface area contributed by atoms with Crippen molar-refractivity contribution in [2.24, 2.45) is 5.92 Å². The topological polar surface area (TPSA) is 84.9 Å². The molecule has 21 heavy (non-hydrogen) atoms. The summed E-state index contributed by atoms with van der Waals surface area (Å²) in [7, 11) is 1.48. The molecule has 0 aliphatic carbocycles. The minimum atomic E-state index is -0.922. The van der Waals surface area contributed by atoms with Crippen LogP contribution in [0.4, 0.5) is 0 Å². The highest BCUT2D eigenvalue weighted by Gasteiger charge is 2.28. The zero-order valence-corrected chi connectivity index (χ0v) is 13.9. The van der Waals surface area contributed by atoms with Crippen molar-refractivity contribution in [1.82, 2.24) is 5.32 Å². The fraction of sp³-hybridized carbons (Fsp3) is 0.867. The first kappa shape index (κ1) is 19.9. The number of methoxy groups -OCH3 is 1. The van der Waals surface area contributed by atoms with Gasteiger partial charge in [-0.25, -0.2) is 0 Å². The van der Waals surface area contributed by atoms with Gasteiger partial charge in [-0.1, -0.05) is 20.3 Å². The van der Waals surface area contributed by atoms with Crippen molar-refractivity contribution in [3.8, 4) is 0 Å². The first-order chi connectivity index (χ1) is 9.60. The van der Waals surface area contributed by atoms with E-state index in [4.69, 9.17) is 14.6 Å². The average molecular weight is 303 g/mol. The highest BCUT2D eigenvalue weighted by molar-refractivity contribution is 5.72. The maximum atomic E-state index is 11.8. The van der Waals surface area contributed by atoms with Crippen molar-refractivity contribution < 1.29 is 24.2 Å². The van der Waals surface area contributed by atoms with Crippen LogP contribution in [0.3, 0.4) is 0 Å². The molecule has 0 spiro atoms. The molecule has 6 heteroatoms. The van der Waals surface area contributed by atoms with Crippen molar-refractivity contribution >= 4 is 11.9 Å². The van der Waals surface area contributed by atoms with E-state index in [1.807, 2.05) is 13.8 Å². The quantitative estimate of drug-likeness (QED) is 0.632. The molecule has 3 unspecified atom stereocenters. The third-order valence-corrected chi connectivity index (χ3v) is 3.24. The number of carboxylic acid groups (broad SMARTS) is 1. The van der Waals surface area contributed by atoms with E-state index in [1.54, 1.807) is 20.8 Å². The fourth-order valence-electron chi connectivity index (χ4n) is 2.06. The Morgan fingerprint density at radius 1 is 1.29 bits per heavy atom. The molecule has 124 valence electrons. The van der Waals surface area contributed by atoms with E-state index in [0.717, 1.165) is 6.42 Å². The summed E-state index contributed by atoms with van der Waals surface area (Å²) in [6.07, 6.45) is 0.262. The molecule has 0 aliphatic heterocycles. The molecule has 0 fully saturated rings. The Morgan fingerprint density at radius 3 is 2.24 bits per heavy atom. The number of aliphatic carboxylic acids is 1. The van der Waals surface area contributed by atoms with Crippen molar-refractivity contribution in [1.29, 1.82) is 0 Å². The lowest BCUT2D eigenvalue weighted by Gasteiger charge is -2.31. The molecule has 0 saturated heterocycles. The van der Waals surface area contributed by atoms with Crippen LogP contribution in [0.2, 0.25) is 0 Å². The Kier molecular flexibility index (Phi) is 8.51. The van der Waals surface area contributed by atoms with Gasteiger partial charge in [0.25, 0.3) is 0 Å². The first-order valence-corrected chi connectivity index (χ1v) is 7.30. The van der Waals surface area contributed by atoms with Crippen molar-refractivity contribution in [2.75, 3.05) is 13.7 Å². The lowest BCUT2D eigenvalue weighted by Crippen LogP contribution is -2.48. The average Bonchev–Trinajstić information content (AvgIpc) is 2.34. The lowest BCUT2D eigenvalue weighted by molar-refractivity contribution is -0.154. The van der Waals surface area contributed by atoms with Gasteiger partial charge < -0.3 is 19.9 Å². The molecule has 0 amide bonds. The summed E-state index contributed by atoms with van der Waals surface area (Å²) in [5.74, 6) is -1.10. The number of ether oxygens (including phenoxy) is 2. The zero-order chi connectivity index (χ0) is 16.6. The van der Waals surface area contributed by atoms with E-state index < -0.39 is 17.7 Å². The number of hydrogen-bond acceptors (Lipinski definition) is 5. The molecule has 0 aromatic rings. The summed E-state index contributed by atoms with van der Waals surface area (Å²) >= 11 is 0. The Hall–Kier alpha value is -1.14. The second kappa shape index (κ2) is 9.00. The van der Waals surface area contributed by atoms with Gasteiger partial charge in [0.1, 0.15) is 5.60 Å². The predicted octanol–water partition coefficient (Wildman–Crippen LogP) is 1.82. The van der Waals surface area contributed by atoms with Crippen LogP contribution in [0.5, 0.6) is 0 Å². The first-order valence-electron chi connectivity index (χ1n) is 7.30. The van der Waals surface area contributed by atoms with Gasteiger partial charge in [-0.05, 0) is 26.7 Å². The number of carboxylic acids is 1. The molecule has 0 radical (unpaired) electrons. The molecule has 0 saturated carbocycles. The third-order valence-electron chi connectivity index (χ3n) is 3.24. The molecule has 0 bridgehead atoms. The van der Waals surface area contributed by atoms with Gasteiger partial charge >= 0.3 is 11.9 Å². The molecule has 0 aromatic carbocycles. The van der Waals surface area contributed by atoms with Gasteiger partial charge in [-0.15, -0.1) is 0 Å². The monoisotopic (exact) mass is 303 g/mol. The maximum absolute atomic E-state index is 11.8. The number of hydrogen-bond donors (Lipinski definition) is 2. The molecule has 0 aliphatic rings. The van der Waals surface area contributed by atoms with Gasteiger partial charge in [-0.3, -0.25) is 9.59 Å². The third kappa shape index (κ3) is 8.67. The largest absolute Gasteiger partial charge is 0.481 e. The Labute approximate surface area is 127 Å². The second-order valence-electron chi connectivity index (χ2n) is 6.25. The van der Waals surface area contributed by atoms with Crippen molar-refractivity contribution in [2.45, 2.75) is 65.2 Å². The summed E-state index contributed by atoms with van der Waals surface area (Å²) in [5.41, 5.74) is -0.535. The lowest BCUT2D eigenvalue weighted by atomic mass is 9.92. The molecular formula is C15H29NO5. The van der Waals surface area contributed by atoms with Crippen molar-refractivity contribution in [3.05, 3.63) is 0 Å². The smallest absolute Gasteiger partial charge is 0.320 e. The van der Waals surface area contributed by atoms with Gasteiger partial charge in [0.15, 0.2) is 0 Å². The molecular weight excluding hydrogens is 274 g/mol. The number of nitrogens with one attached hydrogen (secondary N) is 1. The standard InChI is InChI=1S/C15H29NO5/c1-7-10(2)14(11(20-6)8-12(17)18)16-9-13(19)21-15(3,4)5/h10-11,14,16H,7-9H2,1-6H3,(H,17,18). The van der Waals surface area contributed by atoms with Crippen LogP contribution in [0.15, 0.2) is 0 Å². The SMILES string of the molecule is CCC(C)C(NCC(=O)OC(C)(C)C)C(CC(=O)O)OC. The van der Waals surface area contributed by atoms with Gasteiger partial charge in [0.05, 0.1) is 19.1 Å². The van der Waals surface area contributed by atoms with E-state index >= 15 is 0 Å². The molecule has 0 heterocycles. The van der Waals surface area contributed by atoms with Crippen LogP contribution in [-0.2, 0) is 19.1 Å². The van der Waals surface area contributed by atoms with Gasteiger partial charge in [-0.2, -0.15) is 0 Å². The van der Waals surface area contributed by atoms with E-state index in [-0.39, 0.29) is 30.9 Å². The minimum absolute atomic E-state index is 0.0335. The summed E-state index contributed by atoms with van der Waals surface area (Å²) < 4.78 is 10.5. The van der Waals surface area contributed by atoms with Crippen LogP contribution >= 0.6 is 0 Å². The van der Waals surface area contributed by atoms with Gasteiger partial charge in [0, 0.05) is 13.2 Å². The minimum Gasteiger partial charge on any atom is -0.481 e. The van der Waals surface area contributed by atoms with Crippen LogP contribution < -0.4 is 5.32 Å². The van der Waals surface area contributed by atoms with E-state index in [1.165, 1.54) is 7.11 Å².